The van der Waals surface area contributed by atoms with Gasteiger partial charge in [-0.3, -0.25) is 0 Å². The molecule has 0 N–H and O–H groups in total. The molecule has 17 aromatic rings. The first-order valence-electron chi connectivity index (χ1n) is 31.6. The van der Waals surface area contributed by atoms with E-state index in [2.05, 4.69) is 325 Å². The summed E-state index contributed by atoms with van der Waals surface area (Å²) in [4.78, 5) is 0. The maximum atomic E-state index is 2.57. The van der Waals surface area contributed by atoms with Gasteiger partial charge in [0.05, 0.1) is 44.3 Å². The van der Waals surface area contributed by atoms with E-state index in [9.17, 15) is 0 Å². The fourth-order valence-electron chi connectivity index (χ4n) is 18.2. The third-order valence-corrected chi connectivity index (χ3v) is 21.3. The van der Waals surface area contributed by atoms with Crippen molar-refractivity contribution in [3.8, 4) is 78.1 Å². The minimum atomic E-state index is -0.588. The van der Waals surface area contributed by atoms with Crippen molar-refractivity contribution in [2.24, 2.45) is 0 Å². The van der Waals surface area contributed by atoms with Gasteiger partial charge < -0.3 is 9.13 Å². The van der Waals surface area contributed by atoms with Crippen LogP contribution in [0, 0.1) is 0 Å². The Morgan fingerprint density at radius 1 is 0.189 bits per heavy atom. The van der Waals surface area contributed by atoms with Crippen LogP contribution < -0.4 is 0 Å². The number of para-hydroxylation sites is 6. The van der Waals surface area contributed by atoms with Crippen LogP contribution in [0.15, 0.2) is 315 Å². The first-order valence-corrected chi connectivity index (χ1v) is 31.6. The van der Waals surface area contributed by atoms with Crippen LogP contribution in [-0.4, -0.2) is 9.13 Å². The molecule has 0 radical (unpaired) electrons. The molecule has 21 rings (SSSR count). The Hall–Kier alpha value is -11.6. The second-order valence-corrected chi connectivity index (χ2v) is 25.2. The van der Waals surface area contributed by atoms with E-state index in [1.165, 1.54) is 188 Å². The van der Waals surface area contributed by atoms with E-state index in [0.717, 1.165) is 0 Å². The molecule has 0 amide bonds. The molecule has 4 heterocycles. The normalized spacial score (nSPS) is 16.1. The van der Waals surface area contributed by atoms with Gasteiger partial charge >= 0.3 is 0 Å². The Kier molecular flexibility index (Phi) is 9.47. The van der Waals surface area contributed by atoms with Crippen molar-refractivity contribution in [1.29, 1.82) is 0 Å². The molecule has 0 saturated carbocycles. The SMILES string of the molecule is c1ccc(-c2ccccc2-c2c3cccc(-c4cccc5c4-c4ccccc4C54c5ccccc5-n5c6ccccc6c6cccc4c65)c3cc3c(-c4cccc5c4-c4ccccc4C54c5ccccc5-n5c6ccccc6c6cccc4c65)cccc23)cc1. The smallest absolute Gasteiger partial charge is 0.0754 e. The van der Waals surface area contributed by atoms with Gasteiger partial charge in [0.25, 0.3) is 0 Å². The quantitative estimate of drug-likeness (QED) is 0.155. The van der Waals surface area contributed by atoms with Gasteiger partial charge in [-0.1, -0.05) is 285 Å². The van der Waals surface area contributed by atoms with E-state index in [0.29, 0.717) is 0 Å². The van der Waals surface area contributed by atoms with Crippen molar-refractivity contribution < 1.29 is 0 Å². The molecular formula is C88H52N2. The lowest BCUT2D eigenvalue weighted by Crippen LogP contribution is -2.33. The van der Waals surface area contributed by atoms with E-state index in [1.54, 1.807) is 0 Å². The van der Waals surface area contributed by atoms with Crippen LogP contribution in [0.3, 0.4) is 0 Å². The molecule has 0 bridgehead atoms. The summed E-state index contributed by atoms with van der Waals surface area (Å²) < 4.78 is 5.09. The van der Waals surface area contributed by atoms with Gasteiger partial charge in [0, 0.05) is 21.5 Å². The predicted octanol–water partition coefficient (Wildman–Crippen LogP) is 22.2. The third kappa shape index (κ3) is 5.81. The Morgan fingerprint density at radius 2 is 0.533 bits per heavy atom. The molecule has 2 heteroatoms. The zero-order valence-corrected chi connectivity index (χ0v) is 48.9. The average Bonchev–Trinajstić information content (AvgIpc) is 1.49. The van der Waals surface area contributed by atoms with E-state index < -0.39 is 10.8 Å². The topological polar surface area (TPSA) is 9.86 Å². The molecule has 2 aromatic heterocycles. The van der Waals surface area contributed by atoms with E-state index in [1.807, 2.05) is 0 Å². The fourth-order valence-corrected chi connectivity index (χ4v) is 18.2. The number of aromatic nitrogens is 2. The van der Waals surface area contributed by atoms with Crippen LogP contribution in [0.1, 0.15) is 44.5 Å². The highest BCUT2D eigenvalue weighted by atomic mass is 15.0. The molecule has 414 valence electrons. The summed E-state index contributed by atoms with van der Waals surface area (Å²) >= 11 is 0. The lowest BCUT2D eigenvalue weighted by molar-refractivity contribution is 0.748. The molecule has 2 aliphatic heterocycles. The summed E-state index contributed by atoms with van der Waals surface area (Å²) in [6.45, 7) is 0. The van der Waals surface area contributed by atoms with Crippen molar-refractivity contribution in [3.05, 3.63) is 360 Å². The fraction of sp³-hybridized carbons (Fsp3) is 0.0227. The van der Waals surface area contributed by atoms with Crippen molar-refractivity contribution in [1.82, 2.24) is 9.13 Å². The van der Waals surface area contributed by atoms with Gasteiger partial charge in [-0.05, 0) is 163 Å². The maximum Gasteiger partial charge on any atom is 0.0754 e. The zero-order valence-electron chi connectivity index (χ0n) is 48.9. The number of fused-ring (bicyclic) bond motifs is 26. The number of nitrogens with zero attached hydrogens (tertiary/aromatic N) is 2. The summed E-state index contributed by atoms with van der Waals surface area (Å²) in [5.74, 6) is 0. The molecule has 15 aromatic carbocycles. The summed E-state index contributed by atoms with van der Waals surface area (Å²) in [5.41, 5.74) is 31.7. The van der Waals surface area contributed by atoms with Crippen molar-refractivity contribution in [2.75, 3.05) is 0 Å². The van der Waals surface area contributed by atoms with Gasteiger partial charge in [0.15, 0.2) is 0 Å². The Bertz CT molecular complexity index is 5720. The molecule has 0 saturated heterocycles. The van der Waals surface area contributed by atoms with Crippen molar-refractivity contribution >= 4 is 65.2 Å². The van der Waals surface area contributed by atoms with Gasteiger partial charge in [0.2, 0.25) is 0 Å². The van der Waals surface area contributed by atoms with E-state index >= 15 is 0 Å². The highest BCUT2D eigenvalue weighted by molar-refractivity contribution is 6.22. The van der Waals surface area contributed by atoms with Gasteiger partial charge in [-0.2, -0.15) is 0 Å². The van der Waals surface area contributed by atoms with Crippen LogP contribution >= 0.6 is 0 Å². The first-order chi connectivity index (χ1) is 44.7. The minimum Gasteiger partial charge on any atom is -0.309 e. The number of hydrogen-bond donors (Lipinski definition) is 0. The monoisotopic (exact) mass is 1140 g/mol. The molecule has 2 spiro atoms. The molecule has 2 unspecified atom stereocenters. The zero-order chi connectivity index (χ0) is 58.6. The molecule has 90 heavy (non-hydrogen) atoms. The molecular weight excluding hydrogens is 1080 g/mol. The van der Waals surface area contributed by atoms with Crippen molar-refractivity contribution in [3.63, 3.8) is 0 Å². The van der Waals surface area contributed by atoms with Crippen LogP contribution in [-0.2, 0) is 10.8 Å². The largest absolute Gasteiger partial charge is 0.309 e. The minimum absolute atomic E-state index is 0.588. The maximum absolute atomic E-state index is 2.57. The summed E-state index contributed by atoms with van der Waals surface area (Å²) in [6.07, 6.45) is 0. The standard InChI is InChI=1S/C88H52N2/c1-2-24-53(25-3-1)54-26-4-5-29-59(54)82-62-34-18-32-55(60-36-20-44-74-83(60)66-30-6-10-40-70(66)87(74)72-42-12-16-50-80(72)89-78-48-14-8-27-57(78)64-38-22-46-76(87)85(64)89)68(62)52-69-56(33-19-35-63(69)82)61-37-21-45-75-84(61)67-31-7-11-41-71(67)88(75)73-43-13-17-51-81(73)90-79-49-15-9-28-58(79)65-39-23-47-77(88)86(65)90/h1-52H. The van der Waals surface area contributed by atoms with Crippen LogP contribution in [0.2, 0.25) is 0 Å². The lowest BCUT2D eigenvalue weighted by atomic mass is 9.65. The molecule has 2 nitrogen and oxygen atoms in total. The summed E-state index contributed by atoms with van der Waals surface area (Å²) in [7, 11) is 0. The predicted molar refractivity (Wildman–Crippen MR) is 374 cm³/mol. The number of benzene rings is 15. The van der Waals surface area contributed by atoms with E-state index in [-0.39, 0.29) is 0 Å². The Morgan fingerprint density at radius 3 is 1.06 bits per heavy atom. The van der Waals surface area contributed by atoms with Crippen LogP contribution in [0.5, 0.6) is 0 Å². The molecule has 2 atom stereocenters. The molecule has 0 fully saturated rings. The molecule has 2 aliphatic carbocycles. The highest BCUT2D eigenvalue weighted by Crippen LogP contribution is 2.65. The average molecular weight is 1140 g/mol. The number of rotatable bonds is 4. The van der Waals surface area contributed by atoms with Gasteiger partial charge in [0.1, 0.15) is 0 Å². The second kappa shape index (κ2) is 17.6. The lowest BCUT2D eigenvalue weighted by Gasteiger charge is -2.39. The highest BCUT2D eigenvalue weighted by Gasteiger charge is 2.53. The second-order valence-electron chi connectivity index (χ2n) is 25.2. The van der Waals surface area contributed by atoms with Crippen LogP contribution in [0.4, 0.5) is 0 Å². The first kappa shape index (κ1) is 48.5. The van der Waals surface area contributed by atoms with Gasteiger partial charge in [-0.15, -0.1) is 0 Å². The van der Waals surface area contributed by atoms with Gasteiger partial charge in [-0.25, -0.2) is 0 Å². The molecule has 4 aliphatic rings. The Balaban J connectivity index is 0.868. The summed E-state index contributed by atoms with van der Waals surface area (Å²) in [6, 6.07) is 120. The van der Waals surface area contributed by atoms with Crippen LogP contribution in [0.25, 0.3) is 143 Å². The van der Waals surface area contributed by atoms with E-state index in [4.69, 9.17) is 0 Å². The summed E-state index contributed by atoms with van der Waals surface area (Å²) in [5, 5.41) is 10.0. The number of hydrogen-bond acceptors (Lipinski definition) is 0. The Labute approximate surface area is 520 Å². The van der Waals surface area contributed by atoms with Crippen molar-refractivity contribution in [2.45, 2.75) is 10.8 Å². The third-order valence-electron chi connectivity index (χ3n) is 21.3.